The first-order valence-corrected chi connectivity index (χ1v) is 8.49. The number of benzene rings is 2. The number of para-hydroxylation sites is 1. The summed E-state index contributed by atoms with van der Waals surface area (Å²) in [6.45, 7) is 2.19. The molecule has 1 atom stereocenters. The predicted octanol–water partition coefficient (Wildman–Crippen LogP) is 2.48. The molecule has 0 bridgehead atoms. The minimum Gasteiger partial charge on any atom is -0.496 e. The third kappa shape index (κ3) is 6.31. The third-order valence-electron chi connectivity index (χ3n) is 3.66. The molecule has 0 aromatic heterocycles. The summed E-state index contributed by atoms with van der Waals surface area (Å²) in [5, 5.41) is 5.56. The molecule has 0 aliphatic carbocycles. The van der Waals surface area contributed by atoms with E-state index in [9.17, 15) is 9.59 Å². The highest BCUT2D eigenvalue weighted by Gasteiger charge is 2.12. The number of methoxy groups -OCH3 is 2. The highest BCUT2D eigenvalue weighted by molar-refractivity contribution is 6.06. The smallest absolute Gasteiger partial charge is 0.259 e. The van der Waals surface area contributed by atoms with E-state index in [0.717, 1.165) is 0 Å². The van der Waals surface area contributed by atoms with Crippen molar-refractivity contribution < 1.29 is 23.8 Å². The lowest BCUT2D eigenvalue weighted by atomic mass is 10.2. The van der Waals surface area contributed by atoms with E-state index < -0.39 is 0 Å². The van der Waals surface area contributed by atoms with E-state index in [1.54, 1.807) is 55.6 Å². The molecule has 0 aliphatic rings. The first-order valence-electron chi connectivity index (χ1n) is 8.49. The van der Waals surface area contributed by atoms with Crippen LogP contribution in [0.4, 0.5) is 5.69 Å². The lowest BCUT2D eigenvalue weighted by Crippen LogP contribution is -2.38. The molecule has 0 radical (unpaired) electrons. The summed E-state index contributed by atoms with van der Waals surface area (Å²) in [4.78, 5) is 24.1. The molecule has 2 N–H and O–H groups in total. The van der Waals surface area contributed by atoms with Gasteiger partial charge in [-0.1, -0.05) is 12.1 Å². The summed E-state index contributed by atoms with van der Waals surface area (Å²) >= 11 is 0. The molecule has 0 fully saturated rings. The molecule has 7 heteroatoms. The van der Waals surface area contributed by atoms with Crippen LogP contribution in [0.1, 0.15) is 17.3 Å². The van der Waals surface area contributed by atoms with E-state index in [4.69, 9.17) is 14.2 Å². The zero-order valence-electron chi connectivity index (χ0n) is 15.7. The third-order valence-corrected chi connectivity index (χ3v) is 3.66. The van der Waals surface area contributed by atoms with Crippen LogP contribution in [0.3, 0.4) is 0 Å². The van der Waals surface area contributed by atoms with Gasteiger partial charge >= 0.3 is 0 Å². The number of hydrogen-bond acceptors (Lipinski definition) is 5. The summed E-state index contributed by atoms with van der Waals surface area (Å²) in [6.07, 6.45) is 0. The highest BCUT2D eigenvalue weighted by Crippen LogP contribution is 2.20. The van der Waals surface area contributed by atoms with Gasteiger partial charge in [-0.05, 0) is 43.3 Å². The van der Waals surface area contributed by atoms with Gasteiger partial charge in [-0.3, -0.25) is 9.59 Å². The van der Waals surface area contributed by atoms with Gasteiger partial charge in [0.1, 0.15) is 11.5 Å². The number of carbonyl (C=O) groups is 2. The van der Waals surface area contributed by atoms with E-state index in [1.165, 1.54) is 7.11 Å². The summed E-state index contributed by atoms with van der Waals surface area (Å²) in [6, 6.07) is 13.7. The molecule has 2 amide bonds. The van der Waals surface area contributed by atoms with Crippen LogP contribution < -0.4 is 20.1 Å². The van der Waals surface area contributed by atoms with Crippen molar-refractivity contribution in [3.05, 3.63) is 54.1 Å². The molecular formula is C20H24N2O5. The average molecular weight is 372 g/mol. The molecule has 0 spiro atoms. The van der Waals surface area contributed by atoms with Crippen molar-refractivity contribution in [2.45, 2.75) is 13.0 Å². The minimum atomic E-state index is -0.271. The van der Waals surface area contributed by atoms with Gasteiger partial charge in [0.25, 0.3) is 11.8 Å². The molecule has 7 nitrogen and oxygen atoms in total. The van der Waals surface area contributed by atoms with Crippen LogP contribution in [0.15, 0.2) is 48.5 Å². The van der Waals surface area contributed by atoms with Crippen LogP contribution in [-0.2, 0) is 9.53 Å². The van der Waals surface area contributed by atoms with Gasteiger partial charge in [0.2, 0.25) is 0 Å². The van der Waals surface area contributed by atoms with Crippen molar-refractivity contribution in [1.29, 1.82) is 0 Å². The van der Waals surface area contributed by atoms with Crippen molar-refractivity contribution in [2.75, 3.05) is 32.8 Å². The molecule has 0 saturated heterocycles. The Bertz CT molecular complexity index is 761. The standard InChI is InChI=1S/C20H24N2O5/c1-14(12-25-2)21-19(23)13-27-16-10-8-15(9-11-16)22-20(24)17-6-4-5-7-18(17)26-3/h4-11,14H,12-13H2,1-3H3,(H,21,23)(H,22,24). The zero-order valence-corrected chi connectivity index (χ0v) is 15.7. The van der Waals surface area contributed by atoms with Gasteiger partial charge in [-0.15, -0.1) is 0 Å². The largest absolute Gasteiger partial charge is 0.496 e. The second kappa shape index (κ2) is 10.2. The maximum Gasteiger partial charge on any atom is 0.259 e. The van der Waals surface area contributed by atoms with E-state index in [0.29, 0.717) is 29.4 Å². The van der Waals surface area contributed by atoms with Crippen LogP contribution in [0.25, 0.3) is 0 Å². The zero-order chi connectivity index (χ0) is 19.6. The molecule has 2 rings (SSSR count). The van der Waals surface area contributed by atoms with Crippen molar-refractivity contribution >= 4 is 17.5 Å². The molecule has 2 aromatic rings. The number of nitrogens with one attached hydrogen (secondary N) is 2. The van der Waals surface area contributed by atoms with E-state index in [-0.39, 0.29) is 24.5 Å². The SMILES string of the molecule is COCC(C)NC(=O)COc1ccc(NC(=O)c2ccccc2OC)cc1. The Morgan fingerprint density at radius 1 is 1.04 bits per heavy atom. The fourth-order valence-electron chi connectivity index (χ4n) is 2.42. The quantitative estimate of drug-likeness (QED) is 0.706. The van der Waals surface area contributed by atoms with Gasteiger partial charge in [0, 0.05) is 18.8 Å². The number of rotatable bonds is 9. The van der Waals surface area contributed by atoms with Gasteiger partial charge in [0.15, 0.2) is 6.61 Å². The Kier molecular flexibility index (Phi) is 7.63. The molecule has 27 heavy (non-hydrogen) atoms. The van der Waals surface area contributed by atoms with E-state index >= 15 is 0 Å². The molecule has 2 aromatic carbocycles. The summed E-state index contributed by atoms with van der Waals surface area (Å²) in [5.74, 6) is 0.532. The highest BCUT2D eigenvalue weighted by atomic mass is 16.5. The Labute approximate surface area is 158 Å². The predicted molar refractivity (Wildman–Crippen MR) is 102 cm³/mol. The fraction of sp³-hybridized carbons (Fsp3) is 0.300. The van der Waals surface area contributed by atoms with Crippen LogP contribution in [0, 0.1) is 0 Å². The van der Waals surface area contributed by atoms with Gasteiger partial charge in [-0.2, -0.15) is 0 Å². The first kappa shape index (κ1) is 20.3. The topological polar surface area (TPSA) is 85.9 Å². The van der Waals surface area contributed by atoms with Crippen molar-refractivity contribution in [2.24, 2.45) is 0 Å². The molecule has 0 heterocycles. The Morgan fingerprint density at radius 3 is 2.41 bits per heavy atom. The lowest BCUT2D eigenvalue weighted by molar-refractivity contribution is -0.124. The van der Waals surface area contributed by atoms with Crippen molar-refractivity contribution in [1.82, 2.24) is 5.32 Å². The Hall–Kier alpha value is -3.06. The van der Waals surface area contributed by atoms with E-state index in [1.807, 2.05) is 6.92 Å². The number of hydrogen-bond donors (Lipinski definition) is 2. The normalized spacial score (nSPS) is 11.4. The molecule has 1 unspecified atom stereocenters. The van der Waals surface area contributed by atoms with Crippen LogP contribution >= 0.6 is 0 Å². The van der Waals surface area contributed by atoms with Crippen LogP contribution in [-0.4, -0.2) is 45.3 Å². The van der Waals surface area contributed by atoms with Gasteiger partial charge in [-0.25, -0.2) is 0 Å². The van der Waals surface area contributed by atoms with Crippen LogP contribution in [0.5, 0.6) is 11.5 Å². The molecule has 144 valence electrons. The summed E-state index contributed by atoms with van der Waals surface area (Å²) in [7, 11) is 3.10. The van der Waals surface area contributed by atoms with Crippen molar-refractivity contribution in [3.8, 4) is 11.5 Å². The van der Waals surface area contributed by atoms with Crippen molar-refractivity contribution in [3.63, 3.8) is 0 Å². The molecule has 0 saturated carbocycles. The second-order valence-electron chi connectivity index (χ2n) is 5.89. The first-order chi connectivity index (χ1) is 13.0. The Balaban J connectivity index is 1.88. The molecule has 0 aliphatic heterocycles. The summed E-state index contributed by atoms with van der Waals surface area (Å²) < 4.78 is 15.6. The minimum absolute atomic E-state index is 0.0846. The van der Waals surface area contributed by atoms with E-state index in [2.05, 4.69) is 10.6 Å². The second-order valence-corrected chi connectivity index (χ2v) is 5.89. The average Bonchev–Trinajstić information content (AvgIpc) is 2.67. The van der Waals surface area contributed by atoms with Gasteiger partial charge in [0.05, 0.1) is 19.3 Å². The van der Waals surface area contributed by atoms with Gasteiger partial charge < -0.3 is 24.8 Å². The maximum atomic E-state index is 12.4. The maximum absolute atomic E-state index is 12.4. The summed E-state index contributed by atoms with van der Waals surface area (Å²) in [5.41, 5.74) is 1.05. The molecular weight excluding hydrogens is 348 g/mol. The number of carbonyl (C=O) groups excluding carboxylic acids is 2. The number of ether oxygens (including phenoxy) is 3. The Morgan fingerprint density at radius 2 is 1.74 bits per heavy atom. The fourth-order valence-corrected chi connectivity index (χ4v) is 2.42. The number of anilines is 1. The monoisotopic (exact) mass is 372 g/mol. The van der Waals surface area contributed by atoms with Crippen LogP contribution in [0.2, 0.25) is 0 Å². The number of amides is 2. The lowest BCUT2D eigenvalue weighted by Gasteiger charge is -2.13.